The Morgan fingerprint density at radius 1 is 1.20 bits per heavy atom. The summed E-state index contributed by atoms with van der Waals surface area (Å²) >= 11 is 0. The van der Waals surface area contributed by atoms with Gasteiger partial charge in [0, 0.05) is 19.3 Å². The molecule has 0 spiro atoms. The van der Waals surface area contributed by atoms with Gasteiger partial charge >= 0.3 is 0 Å². The van der Waals surface area contributed by atoms with Gasteiger partial charge in [-0.3, -0.25) is 4.79 Å². The van der Waals surface area contributed by atoms with Crippen molar-refractivity contribution in [2.45, 2.75) is 40.5 Å². The molecule has 1 rings (SSSR count). The minimum absolute atomic E-state index is 0.0695. The fraction of sp³-hybridized carbons (Fsp3) is 0.625. The van der Waals surface area contributed by atoms with Gasteiger partial charge in [0.05, 0.1) is 5.56 Å². The number of aromatic nitrogens is 1. The van der Waals surface area contributed by atoms with Crippen molar-refractivity contribution in [1.82, 2.24) is 9.88 Å². The molecule has 0 radical (unpaired) electrons. The summed E-state index contributed by atoms with van der Waals surface area (Å²) in [7, 11) is 0. The summed E-state index contributed by atoms with van der Waals surface area (Å²) in [5, 5.41) is 0. The van der Waals surface area contributed by atoms with Crippen molar-refractivity contribution in [3.63, 3.8) is 0 Å². The third-order valence-electron chi connectivity index (χ3n) is 3.23. The molecule has 3 nitrogen and oxygen atoms in total. The second-order valence-corrected chi connectivity index (χ2v) is 6.00. The van der Waals surface area contributed by atoms with E-state index < -0.39 is 5.95 Å². The van der Waals surface area contributed by atoms with E-state index in [9.17, 15) is 9.18 Å². The summed E-state index contributed by atoms with van der Waals surface area (Å²) in [6, 6.07) is 3.10. The quantitative estimate of drug-likeness (QED) is 0.713. The van der Waals surface area contributed by atoms with Crippen LogP contribution >= 0.6 is 0 Å². The van der Waals surface area contributed by atoms with Gasteiger partial charge in [-0.1, -0.05) is 27.7 Å². The van der Waals surface area contributed by atoms with Crippen LogP contribution < -0.4 is 0 Å². The van der Waals surface area contributed by atoms with E-state index in [-0.39, 0.29) is 11.5 Å². The molecule has 0 saturated heterocycles. The Balaban J connectivity index is 2.80. The van der Waals surface area contributed by atoms with Crippen molar-refractivity contribution in [2.24, 2.45) is 11.8 Å². The van der Waals surface area contributed by atoms with Crippen LogP contribution in [-0.4, -0.2) is 28.9 Å². The zero-order valence-electron chi connectivity index (χ0n) is 12.9. The molecule has 112 valence electrons. The number of hydrogen-bond acceptors (Lipinski definition) is 2. The molecular weight excluding hydrogens is 255 g/mol. The summed E-state index contributed by atoms with van der Waals surface area (Å²) in [6.07, 6.45) is 3.20. The molecule has 0 aliphatic rings. The summed E-state index contributed by atoms with van der Waals surface area (Å²) in [6.45, 7) is 9.81. The highest BCUT2D eigenvalue weighted by Crippen LogP contribution is 2.12. The smallest absolute Gasteiger partial charge is 0.258 e. The first-order valence-electron chi connectivity index (χ1n) is 7.31. The number of nitrogens with zero attached hydrogens (tertiary/aromatic N) is 2. The van der Waals surface area contributed by atoms with Crippen molar-refractivity contribution in [2.75, 3.05) is 13.1 Å². The van der Waals surface area contributed by atoms with Gasteiger partial charge in [-0.2, -0.15) is 4.39 Å². The molecule has 0 atom stereocenters. The molecule has 0 aromatic carbocycles. The van der Waals surface area contributed by atoms with Crippen LogP contribution in [0.15, 0.2) is 18.3 Å². The molecule has 0 N–H and O–H groups in total. The third-order valence-corrected chi connectivity index (χ3v) is 3.23. The first-order valence-corrected chi connectivity index (χ1v) is 7.31. The SMILES string of the molecule is CC(C)CCN(CCC(C)C)C(=O)c1cccnc1F. The van der Waals surface area contributed by atoms with Crippen LogP contribution in [-0.2, 0) is 0 Å². The maximum absolute atomic E-state index is 13.6. The first kappa shape index (κ1) is 16.6. The molecule has 0 saturated carbocycles. The lowest BCUT2D eigenvalue weighted by Crippen LogP contribution is -2.34. The van der Waals surface area contributed by atoms with Gasteiger partial charge in [-0.25, -0.2) is 4.98 Å². The molecule has 1 amide bonds. The monoisotopic (exact) mass is 280 g/mol. The number of carbonyl (C=O) groups excluding carboxylic acids is 1. The Bertz CT molecular complexity index is 420. The topological polar surface area (TPSA) is 33.2 Å². The Labute approximate surface area is 121 Å². The van der Waals surface area contributed by atoms with Crippen molar-refractivity contribution >= 4 is 5.91 Å². The summed E-state index contributed by atoms with van der Waals surface area (Å²) < 4.78 is 13.6. The van der Waals surface area contributed by atoms with Gasteiger partial charge in [0.1, 0.15) is 0 Å². The van der Waals surface area contributed by atoms with E-state index in [1.807, 2.05) is 0 Å². The van der Waals surface area contributed by atoms with Gasteiger partial charge in [0.2, 0.25) is 5.95 Å². The second kappa shape index (κ2) is 7.98. The average Bonchev–Trinajstić information content (AvgIpc) is 2.38. The fourth-order valence-electron chi connectivity index (χ4n) is 1.86. The molecule has 0 bridgehead atoms. The highest BCUT2D eigenvalue weighted by atomic mass is 19.1. The van der Waals surface area contributed by atoms with Gasteiger partial charge in [-0.15, -0.1) is 0 Å². The summed E-state index contributed by atoms with van der Waals surface area (Å²) in [5.41, 5.74) is 0.0695. The predicted molar refractivity (Wildman–Crippen MR) is 79.0 cm³/mol. The number of amides is 1. The Hall–Kier alpha value is -1.45. The lowest BCUT2D eigenvalue weighted by atomic mass is 10.1. The number of rotatable bonds is 7. The lowest BCUT2D eigenvalue weighted by molar-refractivity contribution is 0.0735. The van der Waals surface area contributed by atoms with Gasteiger partial charge < -0.3 is 4.90 Å². The minimum atomic E-state index is -0.684. The van der Waals surface area contributed by atoms with E-state index in [1.54, 1.807) is 11.0 Å². The van der Waals surface area contributed by atoms with E-state index in [1.165, 1.54) is 12.3 Å². The highest BCUT2D eigenvalue weighted by molar-refractivity contribution is 5.94. The molecule has 0 unspecified atom stereocenters. The maximum Gasteiger partial charge on any atom is 0.258 e. The predicted octanol–water partition coefficient (Wildman–Crippen LogP) is 3.76. The zero-order valence-corrected chi connectivity index (χ0v) is 12.9. The van der Waals surface area contributed by atoms with Crippen LogP contribution in [0.1, 0.15) is 50.9 Å². The second-order valence-electron chi connectivity index (χ2n) is 6.00. The summed E-state index contributed by atoms with van der Waals surface area (Å²) in [4.78, 5) is 17.7. The van der Waals surface area contributed by atoms with Crippen LogP contribution in [0.4, 0.5) is 4.39 Å². The van der Waals surface area contributed by atoms with Gasteiger partial charge in [0.15, 0.2) is 0 Å². The Kier molecular flexibility index (Phi) is 6.62. The van der Waals surface area contributed by atoms with Crippen molar-refractivity contribution < 1.29 is 9.18 Å². The van der Waals surface area contributed by atoms with Crippen LogP contribution in [0.25, 0.3) is 0 Å². The van der Waals surface area contributed by atoms with Crippen molar-refractivity contribution in [3.8, 4) is 0 Å². The molecule has 1 aromatic rings. The molecular formula is C16H25FN2O. The van der Waals surface area contributed by atoms with Gasteiger partial charge in [-0.05, 0) is 36.8 Å². The fourth-order valence-corrected chi connectivity index (χ4v) is 1.86. The molecule has 4 heteroatoms. The van der Waals surface area contributed by atoms with Crippen molar-refractivity contribution in [1.29, 1.82) is 0 Å². The minimum Gasteiger partial charge on any atom is -0.338 e. The Morgan fingerprint density at radius 3 is 2.20 bits per heavy atom. The zero-order chi connectivity index (χ0) is 15.1. The molecule has 0 fully saturated rings. The van der Waals surface area contributed by atoms with Crippen molar-refractivity contribution in [3.05, 3.63) is 29.8 Å². The van der Waals surface area contributed by atoms with Gasteiger partial charge in [0.25, 0.3) is 5.91 Å². The highest BCUT2D eigenvalue weighted by Gasteiger charge is 2.19. The van der Waals surface area contributed by atoms with Crippen LogP contribution in [0.2, 0.25) is 0 Å². The van der Waals surface area contributed by atoms with Crippen LogP contribution in [0.3, 0.4) is 0 Å². The van der Waals surface area contributed by atoms with E-state index in [0.717, 1.165) is 12.8 Å². The van der Waals surface area contributed by atoms with Crippen LogP contribution in [0.5, 0.6) is 0 Å². The number of halogens is 1. The Morgan fingerprint density at radius 2 is 1.75 bits per heavy atom. The average molecular weight is 280 g/mol. The van der Waals surface area contributed by atoms with E-state index in [2.05, 4.69) is 32.7 Å². The molecule has 0 aliphatic carbocycles. The lowest BCUT2D eigenvalue weighted by Gasteiger charge is -2.24. The number of hydrogen-bond donors (Lipinski definition) is 0. The molecule has 1 heterocycles. The standard InChI is InChI=1S/C16H25FN2O/c1-12(2)7-10-19(11-8-13(3)4)16(20)14-6-5-9-18-15(14)17/h5-6,9,12-13H,7-8,10-11H2,1-4H3. The van der Waals surface area contributed by atoms with E-state index in [4.69, 9.17) is 0 Å². The number of carbonyl (C=O) groups is 1. The van der Waals surface area contributed by atoms with Crippen LogP contribution in [0, 0.1) is 17.8 Å². The molecule has 20 heavy (non-hydrogen) atoms. The summed E-state index contributed by atoms with van der Waals surface area (Å²) in [5.74, 6) is 0.0969. The molecule has 1 aromatic heterocycles. The largest absolute Gasteiger partial charge is 0.338 e. The molecule has 0 aliphatic heterocycles. The maximum atomic E-state index is 13.6. The third kappa shape index (κ3) is 5.27. The number of pyridine rings is 1. The van der Waals surface area contributed by atoms with E-state index >= 15 is 0 Å². The van der Waals surface area contributed by atoms with E-state index in [0.29, 0.717) is 24.9 Å². The normalized spacial score (nSPS) is 11.2. The first-order chi connectivity index (χ1) is 9.41.